The van der Waals surface area contributed by atoms with Crippen LogP contribution in [-0.4, -0.2) is 0 Å². The minimum atomic E-state index is -2.91. The Morgan fingerprint density at radius 1 is 0.462 bits per heavy atom. The molecule has 39 heavy (non-hydrogen) atoms. The number of rotatable bonds is 12. The third kappa shape index (κ3) is 9.79. The van der Waals surface area contributed by atoms with Crippen molar-refractivity contribution in [3.05, 3.63) is 119 Å². The first-order chi connectivity index (χ1) is 18.6. The Bertz CT molecular complexity index is 1380. The van der Waals surface area contributed by atoms with E-state index in [-0.39, 0.29) is 0 Å². The molecule has 0 spiro atoms. The van der Waals surface area contributed by atoms with Crippen LogP contribution in [0.1, 0.15) is 22.3 Å². The van der Waals surface area contributed by atoms with E-state index in [1.54, 1.807) is 0 Å². The summed E-state index contributed by atoms with van der Waals surface area (Å²) in [4.78, 5) is 0. The number of hydrogen-bond donors (Lipinski definition) is 0. The van der Waals surface area contributed by atoms with E-state index in [1.807, 2.05) is 125 Å². The molecule has 0 saturated heterocycles. The molecule has 2 atom stereocenters. The molecule has 0 radical (unpaired) electrons. The van der Waals surface area contributed by atoms with Gasteiger partial charge in [0.15, 0.2) is 0 Å². The predicted octanol–water partition coefficient (Wildman–Crippen LogP) is 11.0. The van der Waals surface area contributed by atoms with Gasteiger partial charge in [-0.2, -0.15) is 0 Å². The Kier molecular flexibility index (Phi) is 10.8. The highest BCUT2D eigenvalue weighted by molar-refractivity contribution is 9.30. The highest BCUT2D eigenvalue weighted by atomic mass is 33.7. The van der Waals surface area contributed by atoms with Gasteiger partial charge in [-0.1, -0.05) is 59.7 Å². The number of hydrogen-bond acceptors (Lipinski definition) is 9. The molecule has 0 aliphatic heterocycles. The standard InChI is InChI=1S/C28H28O4P2S5/c1-21-11-15-25(16-12-21)29-33(35,31-27-9-5-7-23(3)19-27)37-39-38-34(36,30-26-17-13-22(2)14-18-26)32-28-10-6-8-24(4)20-28/h5-20H,1-4H3. The lowest BCUT2D eigenvalue weighted by Crippen LogP contribution is -1.98. The first-order valence-electron chi connectivity index (χ1n) is 11.9. The summed E-state index contributed by atoms with van der Waals surface area (Å²) in [6.07, 6.45) is 0. The topological polar surface area (TPSA) is 36.9 Å². The van der Waals surface area contributed by atoms with Gasteiger partial charge in [0.25, 0.3) is 0 Å². The van der Waals surface area contributed by atoms with Crippen LogP contribution in [0, 0.1) is 27.7 Å². The van der Waals surface area contributed by atoms with Gasteiger partial charge in [-0.05, 0) is 97.2 Å². The average molecular weight is 651 g/mol. The van der Waals surface area contributed by atoms with Crippen LogP contribution in [0.2, 0.25) is 0 Å². The summed E-state index contributed by atoms with van der Waals surface area (Å²) >= 11 is 12.0. The molecule has 0 heterocycles. The monoisotopic (exact) mass is 650 g/mol. The molecule has 0 saturated carbocycles. The van der Waals surface area contributed by atoms with Gasteiger partial charge in [0.05, 0.1) is 0 Å². The molecule has 4 nitrogen and oxygen atoms in total. The zero-order valence-electron chi connectivity index (χ0n) is 21.8. The van der Waals surface area contributed by atoms with Crippen LogP contribution >= 0.6 is 42.0 Å². The summed E-state index contributed by atoms with van der Waals surface area (Å²) in [5.74, 6) is 2.63. The van der Waals surface area contributed by atoms with Crippen molar-refractivity contribution in [2.24, 2.45) is 0 Å². The van der Waals surface area contributed by atoms with Crippen LogP contribution in [0.5, 0.6) is 23.0 Å². The van der Waals surface area contributed by atoms with E-state index in [2.05, 4.69) is 0 Å². The molecule has 0 bridgehead atoms. The second-order valence-corrected chi connectivity index (χ2v) is 24.1. The Morgan fingerprint density at radius 3 is 1.18 bits per heavy atom. The van der Waals surface area contributed by atoms with E-state index in [4.69, 9.17) is 41.7 Å². The van der Waals surface area contributed by atoms with Gasteiger partial charge >= 0.3 is 11.4 Å². The van der Waals surface area contributed by atoms with Gasteiger partial charge < -0.3 is 18.1 Å². The van der Waals surface area contributed by atoms with E-state index < -0.39 is 11.4 Å². The van der Waals surface area contributed by atoms with Crippen molar-refractivity contribution in [1.29, 1.82) is 0 Å². The Labute approximate surface area is 252 Å². The van der Waals surface area contributed by atoms with Crippen LogP contribution in [0.25, 0.3) is 0 Å². The van der Waals surface area contributed by atoms with Gasteiger partial charge in [0.1, 0.15) is 23.0 Å². The molecule has 0 amide bonds. The Balaban J connectivity index is 1.55. The highest BCUT2D eigenvalue weighted by Crippen LogP contribution is 2.74. The van der Waals surface area contributed by atoms with Crippen molar-refractivity contribution in [2.45, 2.75) is 27.7 Å². The molecule has 4 rings (SSSR count). The fraction of sp³-hybridized carbons (Fsp3) is 0.143. The predicted molar refractivity (Wildman–Crippen MR) is 179 cm³/mol. The van der Waals surface area contributed by atoms with Gasteiger partial charge in [0, 0.05) is 44.4 Å². The summed E-state index contributed by atoms with van der Waals surface area (Å²) in [6, 6.07) is 31.1. The first-order valence-corrected chi connectivity index (χ1v) is 21.9. The van der Waals surface area contributed by atoms with Crippen LogP contribution in [0.3, 0.4) is 0 Å². The molecule has 0 aromatic heterocycles. The third-order valence-electron chi connectivity index (χ3n) is 5.13. The molecular formula is C28H28O4P2S5. The van der Waals surface area contributed by atoms with E-state index in [1.165, 1.54) is 30.7 Å². The molecule has 0 aliphatic rings. The molecule has 204 valence electrons. The van der Waals surface area contributed by atoms with Crippen LogP contribution in [0.4, 0.5) is 0 Å². The van der Waals surface area contributed by atoms with Crippen LogP contribution < -0.4 is 18.1 Å². The van der Waals surface area contributed by atoms with Crippen molar-refractivity contribution in [1.82, 2.24) is 0 Å². The molecule has 2 unspecified atom stereocenters. The van der Waals surface area contributed by atoms with Crippen molar-refractivity contribution < 1.29 is 18.1 Å². The molecule has 4 aromatic carbocycles. The van der Waals surface area contributed by atoms with Crippen molar-refractivity contribution in [3.63, 3.8) is 0 Å². The van der Waals surface area contributed by atoms with Crippen molar-refractivity contribution in [3.8, 4) is 23.0 Å². The molecule has 0 N–H and O–H groups in total. The maximum Gasteiger partial charge on any atom is 0.360 e. The normalized spacial score (nSPS) is 14.1. The number of aryl methyl sites for hydroxylation is 4. The largest absolute Gasteiger partial charge is 0.428 e. The van der Waals surface area contributed by atoms with E-state index in [9.17, 15) is 0 Å². The minimum absolute atomic E-state index is 0.654. The highest BCUT2D eigenvalue weighted by Gasteiger charge is 2.31. The second kappa shape index (κ2) is 13.9. The molecule has 0 fully saturated rings. The van der Waals surface area contributed by atoms with Gasteiger partial charge in [-0.25, -0.2) is 0 Å². The summed E-state index contributed by atoms with van der Waals surface area (Å²) < 4.78 is 25.3. The van der Waals surface area contributed by atoms with Crippen LogP contribution in [-0.2, 0) is 23.6 Å². The average Bonchev–Trinajstić information content (AvgIpc) is 2.87. The fourth-order valence-electron chi connectivity index (χ4n) is 3.25. The van der Waals surface area contributed by atoms with E-state index in [0.29, 0.717) is 23.0 Å². The lowest BCUT2D eigenvalue weighted by Gasteiger charge is -2.25. The summed E-state index contributed by atoms with van der Waals surface area (Å²) in [7, 11) is 4.06. The molecule has 4 aromatic rings. The SMILES string of the molecule is Cc1ccc(OP(=S)(Oc2cccc(C)c2)SSSP(=S)(Oc2ccc(C)cc2)Oc2cccc(C)c2)cc1. The van der Waals surface area contributed by atoms with Crippen LogP contribution in [0.15, 0.2) is 97.1 Å². The van der Waals surface area contributed by atoms with Gasteiger partial charge in [-0.3, -0.25) is 0 Å². The zero-order valence-corrected chi connectivity index (χ0v) is 27.7. The Hall–Kier alpha value is -1.57. The lowest BCUT2D eigenvalue weighted by molar-refractivity contribution is 0.506. The summed E-state index contributed by atoms with van der Waals surface area (Å²) in [5, 5.41) is 0. The van der Waals surface area contributed by atoms with Crippen molar-refractivity contribution >= 4 is 65.7 Å². The maximum atomic E-state index is 6.33. The number of benzene rings is 4. The minimum Gasteiger partial charge on any atom is -0.428 e. The summed E-state index contributed by atoms with van der Waals surface area (Å²) in [6.45, 7) is 8.07. The van der Waals surface area contributed by atoms with Crippen molar-refractivity contribution in [2.75, 3.05) is 0 Å². The smallest absolute Gasteiger partial charge is 0.360 e. The van der Waals surface area contributed by atoms with Gasteiger partial charge in [-0.15, -0.1) is 0 Å². The Morgan fingerprint density at radius 2 is 0.821 bits per heavy atom. The summed E-state index contributed by atoms with van der Waals surface area (Å²) in [5.41, 5.74) is -1.41. The quantitative estimate of drug-likeness (QED) is 0.110. The van der Waals surface area contributed by atoms with E-state index in [0.717, 1.165) is 22.3 Å². The zero-order chi connectivity index (χ0) is 27.9. The molecule has 11 heteroatoms. The fourth-order valence-corrected chi connectivity index (χ4v) is 21.8. The van der Waals surface area contributed by atoms with Gasteiger partial charge in [0.2, 0.25) is 0 Å². The maximum absolute atomic E-state index is 6.33. The molecular weight excluding hydrogens is 623 g/mol. The first kappa shape index (κ1) is 30.4. The third-order valence-corrected chi connectivity index (χ3v) is 21.6. The second-order valence-electron chi connectivity index (χ2n) is 8.74. The lowest BCUT2D eigenvalue weighted by atomic mass is 10.2. The van der Waals surface area contributed by atoms with E-state index >= 15 is 0 Å². The molecule has 0 aliphatic carbocycles.